The molecule has 0 aromatic carbocycles. The summed E-state index contributed by atoms with van der Waals surface area (Å²) >= 11 is 0. The van der Waals surface area contributed by atoms with Crippen LogP contribution in [0.1, 0.15) is 6.92 Å². The maximum Gasteiger partial charge on any atom is 0.187 e. The summed E-state index contributed by atoms with van der Waals surface area (Å²) < 4.78 is 32.6. The molecule has 15 heteroatoms. The lowest BCUT2D eigenvalue weighted by atomic mass is 9.97. The molecule has 15 nitrogen and oxygen atoms in total. The van der Waals surface area contributed by atoms with Crippen LogP contribution in [0.4, 0.5) is 0 Å². The zero-order valence-corrected chi connectivity index (χ0v) is 18.8. The monoisotopic (exact) mass is 504 g/mol. The fraction of sp³-hybridized carbons (Fsp3) is 1.00. The molecular formula is C19H36O15. The Hall–Kier alpha value is -0.600. The van der Waals surface area contributed by atoms with Crippen LogP contribution in [0, 0.1) is 0 Å². The summed E-state index contributed by atoms with van der Waals surface area (Å²) in [5.74, 6) is 0. The molecule has 2 saturated heterocycles. The van der Waals surface area contributed by atoms with E-state index in [-0.39, 0.29) is 0 Å². The van der Waals surface area contributed by atoms with Crippen LogP contribution in [0.15, 0.2) is 0 Å². The number of hydrogen-bond donors (Lipinski definition) is 9. The van der Waals surface area contributed by atoms with Crippen LogP contribution in [-0.2, 0) is 28.4 Å². The van der Waals surface area contributed by atoms with Gasteiger partial charge in [-0.05, 0) is 6.92 Å². The Morgan fingerprint density at radius 3 is 1.91 bits per heavy atom. The minimum Gasteiger partial charge on any atom is -0.394 e. The quantitative estimate of drug-likeness (QED) is 0.113. The van der Waals surface area contributed by atoms with Gasteiger partial charge in [0.05, 0.1) is 32.5 Å². The molecule has 0 spiro atoms. The Kier molecular flexibility index (Phi) is 11.9. The van der Waals surface area contributed by atoms with Gasteiger partial charge in [-0.3, -0.25) is 0 Å². The smallest absolute Gasteiger partial charge is 0.187 e. The third-order valence-corrected chi connectivity index (χ3v) is 5.58. The van der Waals surface area contributed by atoms with Gasteiger partial charge in [-0.15, -0.1) is 0 Å². The average Bonchev–Trinajstić information content (AvgIpc) is 2.84. The summed E-state index contributed by atoms with van der Waals surface area (Å²) in [5.41, 5.74) is 0. The van der Waals surface area contributed by atoms with Gasteiger partial charge in [-0.25, -0.2) is 0 Å². The van der Waals surface area contributed by atoms with Gasteiger partial charge in [0.15, 0.2) is 18.9 Å². The van der Waals surface area contributed by atoms with Crippen molar-refractivity contribution in [2.75, 3.05) is 33.5 Å². The normalized spacial score (nSPS) is 41.7. The lowest BCUT2D eigenvalue weighted by Gasteiger charge is -2.47. The van der Waals surface area contributed by atoms with Crippen LogP contribution in [0.25, 0.3) is 0 Å². The van der Waals surface area contributed by atoms with E-state index < -0.39 is 106 Å². The van der Waals surface area contributed by atoms with Crippen molar-refractivity contribution in [2.45, 2.75) is 86.8 Å². The molecule has 34 heavy (non-hydrogen) atoms. The maximum atomic E-state index is 11.0. The maximum absolute atomic E-state index is 11.0. The van der Waals surface area contributed by atoms with E-state index in [4.69, 9.17) is 28.4 Å². The molecule has 0 aromatic rings. The van der Waals surface area contributed by atoms with Gasteiger partial charge in [-0.1, -0.05) is 0 Å². The SMILES string of the molecule is COC1OC(CO)C(OC2OC(CO)C(O)[C@@H](O)[C@@H]2O)[C@@H](O)[C@@H]1OC(OC(C)CO)[C@@H](O)CO. The van der Waals surface area contributed by atoms with Gasteiger partial charge >= 0.3 is 0 Å². The first-order valence-electron chi connectivity index (χ1n) is 10.8. The van der Waals surface area contributed by atoms with Gasteiger partial charge in [0.1, 0.15) is 54.9 Å². The third-order valence-electron chi connectivity index (χ3n) is 5.58. The predicted octanol–water partition coefficient (Wildman–Crippen LogP) is -5.64. The number of methoxy groups -OCH3 is 1. The molecule has 13 atom stereocenters. The average molecular weight is 504 g/mol. The van der Waals surface area contributed by atoms with E-state index in [1.165, 1.54) is 14.0 Å². The van der Waals surface area contributed by atoms with E-state index in [9.17, 15) is 46.0 Å². The number of ether oxygens (including phenoxy) is 6. The van der Waals surface area contributed by atoms with Gasteiger partial charge in [-0.2, -0.15) is 0 Å². The summed E-state index contributed by atoms with van der Waals surface area (Å²) in [6, 6.07) is 0. The lowest BCUT2D eigenvalue weighted by molar-refractivity contribution is -0.375. The minimum atomic E-state index is -1.79. The standard InChI is InChI=1S/C19H36O15/c1-7(3-20)30-17(8(24)4-21)34-16-14(28)15(10(6-23)32-19(16)29-2)33-18-13(27)12(26)11(25)9(5-22)31-18/h7-28H,3-6H2,1-2H3/t7?,8-,9?,10?,11?,12+,13-,14+,15?,16-,17?,18?,19?/m0/s1. The van der Waals surface area contributed by atoms with Gasteiger partial charge in [0.25, 0.3) is 0 Å². The summed E-state index contributed by atoms with van der Waals surface area (Å²) in [6.45, 7) is -1.16. The zero-order chi connectivity index (χ0) is 25.6. The molecule has 0 amide bonds. The van der Waals surface area contributed by atoms with E-state index in [0.29, 0.717) is 0 Å². The van der Waals surface area contributed by atoms with Crippen molar-refractivity contribution in [1.29, 1.82) is 0 Å². The first kappa shape index (κ1) is 29.6. The molecule has 2 aliphatic rings. The molecule has 2 aliphatic heterocycles. The van der Waals surface area contributed by atoms with Crippen LogP contribution in [-0.4, -0.2) is 159 Å². The molecule has 0 radical (unpaired) electrons. The van der Waals surface area contributed by atoms with Crippen molar-refractivity contribution in [2.24, 2.45) is 0 Å². The molecule has 202 valence electrons. The molecule has 2 rings (SSSR count). The first-order valence-corrected chi connectivity index (χ1v) is 10.8. The van der Waals surface area contributed by atoms with Crippen molar-refractivity contribution in [3.8, 4) is 0 Å². The van der Waals surface area contributed by atoms with Crippen LogP contribution in [0.5, 0.6) is 0 Å². The Morgan fingerprint density at radius 1 is 0.765 bits per heavy atom. The van der Waals surface area contributed by atoms with Crippen molar-refractivity contribution in [3.05, 3.63) is 0 Å². The van der Waals surface area contributed by atoms with Gasteiger partial charge in [0.2, 0.25) is 0 Å². The Morgan fingerprint density at radius 2 is 1.38 bits per heavy atom. The van der Waals surface area contributed by atoms with E-state index in [2.05, 4.69) is 0 Å². The highest BCUT2D eigenvalue weighted by Gasteiger charge is 2.52. The molecular weight excluding hydrogens is 468 g/mol. The summed E-state index contributed by atoms with van der Waals surface area (Å²) in [4.78, 5) is 0. The van der Waals surface area contributed by atoms with Crippen LogP contribution < -0.4 is 0 Å². The molecule has 0 aromatic heterocycles. The molecule has 0 aliphatic carbocycles. The largest absolute Gasteiger partial charge is 0.394 e. The highest BCUT2D eigenvalue weighted by molar-refractivity contribution is 4.95. The fourth-order valence-corrected chi connectivity index (χ4v) is 3.61. The zero-order valence-electron chi connectivity index (χ0n) is 18.8. The van der Waals surface area contributed by atoms with Crippen molar-refractivity contribution in [3.63, 3.8) is 0 Å². The fourth-order valence-electron chi connectivity index (χ4n) is 3.61. The van der Waals surface area contributed by atoms with Crippen LogP contribution >= 0.6 is 0 Å². The number of rotatable bonds is 12. The molecule has 0 bridgehead atoms. The first-order chi connectivity index (χ1) is 16.1. The number of aliphatic hydroxyl groups is 9. The molecule has 0 saturated carbocycles. The van der Waals surface area contributed by atoms with Crippen molar-refractivity contribution in [1.82, 2.24) is 0 Å². The van der Waals surface area contributed by atoms with Crippen LogP contribution in [0.3, 0.4) is 0 Å². The third kappa shape index (κ3) is 6.78. The summed E-state index contributed by atoms with van der Waals surface area (Å²) in [7, 11) is 1.22. The van der Waals surface area contributed by atoms with E-state index in [0.717, 1.165) is 0 Å². The van der Waals surface area contributed by atoms with E-state index in [1.54, 1.807) is 0 Å². The van der Waals surface area contributed by atoms with Crippen LogP contribution in [0.2, 0.25) is 0 Å². The molecule has 8 unspecified atom stereocenters. The van der Waals surface area contributed by atoms with E-state index in [1.807, 2.05) is 0 Å². The highest BCUT2D eigenvalue weighted by atomic mass is 16.8. The summed E-state index contributed by atoms with van der Waals surface area (Å²) in [6.07, 6.45) is -19.2. The van der Waals surface area contributed by atoms with Gasteiger partial charge in [0, 0.05) is 7.11 Å². The van der Waals surface area contributed by atoms with Crippen molar-refractivity contribution >= 4 is 0 Å². The van der Waals surface area contributed by atoms with Gasteiger partial charge < -0.3 is 74.4 Å². The van der Waals surface area contributed by atoms with E-state index >= 15 is 0 Å². The predicted molar refractivity (Wildman–Crippen MR) is 107 cm³/mol. The Labute approximate surface area is 195 Å². The minimum absolute atomic E-state index is 0.440. The Balaban J connectivity index is 2.25. The highest BCUT2D eigenvalue weighted by Crippen LogP contribution is 2.31. The summed E-state index contributed by atoms with van der Waals surface area (Å²) in [5, 5.41) is 88.9. The second-order valence-electron chi connectivity index (χ2n) is 8.10. The molecule has 2 fully saturated rings. The Bertz CT molecular complexity index is 582. The molecule has 9 N–H and O–H groups in total. The molecule has 2 heterocycles. The second-order valence-corrected chi connectivity index (χ2v) is 8.10. The topological polar surface area (TPSA) is 237 Å². The van der Waals surface area contributed by atoms with Crippen molar-refractivity contribution < 1.29 is 74.4 Å². The number of aliphatic hydroxyl groups excluding tert-OH is 9. The second kappa shape index (κ2) is 13.6. The lowest BCUT2D eigenvalue weighted by Crippen LogP contribution is -2.65. The number of hydrogen-bond acceptors (Lipinski definition) is 15.